The molecular formula is C19H17F2N3O2S. The van der Waals surface area contributed by atoms with Gasteiger partial charge in [0.25, 0.3) is 5.91 Å². The zero-order valence-electron chi connectivity index (χ0n) is 14.2. The molecule has 0 aliphatic heterocycles. The Kier molecular flexibility index (Phi) is 6.32. The Morgan fingerprint density at radius 2 is 1.85 bits per heavy atom. The first-order valence-electron chi connectivity index (χ1n) is 8.20. The number of nitrogens with one attached hydrogen (secondary N) is 2. The van der Waals surface area contributed by atoms with Crippen molar-refractivity contribution in [2.24, 2.45) is 0 Å². The Balaban J connectivity index is 1.50. The summed E-state index contributed by atoms with van der Waals surface area (Å²) in [7, 11) is 0. The van der Waals surface area contributed by atoms with Gasteiger partial charge in [0.05, 0.1) is 0 Å². The molecule has 8 heteroatoms. The lowest BCUT2D eigenvalue weighted by atomic mass is 10.1. The van der Waals surface area contributed by atoms with Crippen molar-refractivity contribution in [3.05, 3.63) is 71.2 Å². The first-order valence-corrected chi connectivity index (χ1v) is 9.07. The maximum absolute atomic E-state index is 12.2. The van der Waals surface area contributed by atoms with Crippen LogP contribution in [-0.2, 0) is 6.42 Å². The lowest BCUT2D eigenvalue weighted by Gasteiger charge is -2.06. The highest BCUT2D eigenvalue weighted by Crippen LogP contribution is 2.23. The quantitative estimate of drug-likeness (QED) is 0.597. The second-order valence-corrected chi connectivity index (χ2v) is 6.42. The van der Waals surface area contributed by atoms with E-state index in [1.165, 1.54) is 23.5 Å². The molecule has 0 bridgehead atoms. The van der Waals surface area contributed by atoms with Gasteiger partial charge in [-0.2, -0.15) is 8.78 Å². The monoisotopic (exact) mass is 389 g/mol. The molecule has 0 saturated carbocycles. The fourth-order valence-electron chi connectivity index (χ4n) is 2.33. The molecule has 0 radical (unpaired) electrons. The van der Waals surface area contributed by atoms with Gasteiger partial charge in [-0.25, -0.2) is 4.98 Å². The van der Waals surface area contributed by atoms with Crippen LogP contribution in [0.4, 0.5) is 19.6 Å². The van der Waals surface area contributed by atoms with Gasteiger partial charge in [-0.05, 0) is 36.2 Å². The van der Waals surface area contributed by atoms with E-state index in [1.807, 2.05) is 30.3 Å². The number of amides is 1. The molecule has 0 fully saturated rings. The molecule has 0 unspecified atom stereocenters. The summed E-state index contributed by atoms with van der Waals surface area (Å²) in [6, 6.07) is 15.9. The van der Waals surface area contributed by atoms with Gasteiger partial charge < -0.3 is 15.4 Å². The molecule has 0 aliphatic rings. The molecule has 5 nitrogen and oxygen atoms in total. The SMILES string of the molecule is O=C(NCCc1ccccc1)c1csc(Nc2ccc(OC(F)F)cc2)n1. The average Bonchev–Trinajstić information content (AvgIpc) is 3.12. The van der Waals surface area contributed by atoms with Gasteiger partial charge >= 0.3 is 6.61 Å². The van der Waals surface area contributed by atoms with Crippen LogP contribution in [0.2, 0.25) is 0 Å². The summed E-state index contributed by atoms with van der Waals surface area (Å²) in [4.78, 5) is 16.4. The lowest BCUT2D eigenvalue weighted by molar-refractivity contribution is -0.0498. The first-order chi connectivity index (χ1) is 13.1. The molecule has 2 aromatic carbocycles. The van der Waals surface area contributed by atoms with Crippen molar-refractivity contribution in [2.45, 2.75) is 13.0 Å². The maximum Gasteiger partial charge on any atom is 0.387 e. The first kappa shape index (κ1) is 18.8. The molecule has 140 valence electrons. The minimum Gasteiger partial charge on any atom is -0.435 e. The number of alkyl halides is 2. The number of rotatable bonds is 8. The third kappa shape index (κ3) is 5.75. The van der Waals surface area contributed by atoms with E-state index in [4.69, 9.17) is 0 Å². The van der Waals surface area contributed by atoms with Gasteiger partial charge in [-0.1, -0.05) is 30.3 Å². The second-order valence-electron chi connectivity index (χ2n) is 5.56. The number of carbonyl (C=O) groups excluding carboxylic acids is 1. The maximum atomic E-state index is 12.2. The number of nitrogens with zero attached hydrogens (tertiary/aromatic N) is 1. The number of hydrogen-bond donors (Lipinski definition) is 2. The predicted octanol–water partition coefficient (Wildman–Crippen LogP) is 4.46. The number of ether oxygens (including phenoxy) is 1. The number of benzene rings is 2. The van der Waals surface area contributed by atoms with Crippen LogP contribution in [0.15, 0.2) is 60.0 Å². The molecule has 1 amide bonds. The molecule has 0 atom stereocenters. The van der Waals surface area contributed by atoms with Gasteiger partial charge in [0.1, 0.15) is 11.4 Å². The summed E-state index contributed by atoms with van der Waals surface area (Å²) in [5.41, 5.74) is 2.13. The van der Waals surface area contributed by atoms with E-state index in [-0.39, 0.29) is 11.7 Å². The predicted molar refractivity (Wildman–Crippen MR) is 101 cm³/mol. The third-order valence-corrected chi connectivity index (χ3v) is 4.37. The smallest absolute Gasteiger partial charge is 0.387 e. The van der Waals surface area contributed by atoms with Crippen molar-refractivity contribution in [2.75, 3.05) is 11.9 Å². The van der Waals surface area contributed by atoms with E-state index in [9.17, 15) is 13.6 Å². The van der Waals surface area contributed by atoms with Crippen molar-refractivity contribution < 1.29 is 18.3 Å². The summed E-state index contributed by atoms with van der Waals surface area (Å²) in [5, 5.41) is 8.06. The zero-order chi connectivity index (χ0) is 19.1. The van der Waals surface area contributed by atoms with Crippen LogP contribution >= 0.6 is 11.3 Å². The van der Waals surface area contributed by atoms with Crippen LogP contribution in [-0.4, -0.2) is 24.0 Å². The summed E-state index contributed by atoms with van der Waals surface area (Å²) >= 11 is 1.28. The fourth-order valence-corrected chi connectivity index (χ4v) is 3.05. The van der Waals surface area contributed by atoms with E-state index in [0.29, 0.717) is 23.1 Å². The van der Waals surface area contributed by atoms with Crippen LogP contribution in [0.1, 0.15) is 16.1 Å². The topological polar surface area (TPSA) is 63.2 Å². The highest BCUT2D eigenvalue weighted by Gasteiger charge is 2.11. The van der Waals surface area contributed by atoms with Crippen molar-refractivity contribution in [3.63, 3.8) is 0 Å². The van der Waals surface area contributed by atoms with Crippen molar-refractivity contribution >= 4 is 28.1 Å². The molecule has 0 spiro atoms. The minimum atomic E-state index is -2.86. The van der Waals surface area contributed by atoms with Crippen molar-refractivity contribution in [1.29, 1.82) is 0 Å². The van der Waals surface area contributed by atoms with Gasteiger partial charge in [0.15, 0.2) is 5.13 Å². The van der Waals surface area contributed by atoms with E-state index < -0.39 is 6.61 Å². The molecule has 27 heavy (non-hydrogen) atoms. The molecule has 1 heterocycles. The summed E-state index contributed by atoms with van der Waals surface area (Å²) in [5.74, 6) is -0.163. The van der Waals surface area contributed by atoms with Gasteiger partial charge in [0.2, 0.25) is 0 Å². The minimum absolute atomic E-state index is 0.0770. The van der Waals surface area contributed by atoms with Gasteiger partial charge in [-0.15, -0.1) is 11.3 Å². The Hall–Kier alpha value is -3.00. The van der Waals surface area contributed by atoms with Crippen LogP contribution < -0.4 is 15.4 Å². The normalized spacial score (nSPS) is 10.6. The lowest BCUT2D eigenvalue weighted by Crippen LogP contribution is -2.25. The number of anilines is 2. The number of hydrogen-bond acceptors (Lipinski definition) is 5. The molecule has 0 saturated heterocycles. The summed E-state index contributed by atoms with van der Waals surface area (Å²) in [6.07, 6.45) is 0.745. The summed E-state index contributed by atoms with van der Waals surface area (Å²) in [6.45, 7) is -2.33. The molecular weight excluding hydrogens is 372 g/mol. The second kappa shape index (κ2) is 9.09. The molecule has 0 aliphatic carbocycles. The number of halogens is 2. The van der Waals surface area contributed by atoms with E-state index in [1.54, 1.807) is 17.5 Å². The number of thiazole rings is 1. The van der Waals surface area contributed by atoms with Crippen molar-refractivity contribution in [3.8, 4) is 5.75 Å². The molecule has 3 rings (SSSR count). The van der Waals surface area contributed by atoms with Gasteiger partial charge in [-0.3, -0.25) is 4.79 Å². The Morgan fingerprint density at radius 1 is 1.11 bits per heavy atom. The standard InChI is InChI=1S/C19H17F2N3O2S/c20-18(21)26-15-8-6-14(7-9-15)23-19-24-16(12-27-19)17(25)22-11-10-13-4-2-1-3-5-13/h1-9,12,18H,10-11H2,(H,22,25)(H,23,24). The Morgan fingerprint density at radius 3 is 2.56 bits per heavy atom. The van der Waals surface area contributed by atoms with Crippen LogP contribution in [0, 0.1) is 0 Å². The highest BCUT2D eigenvalue weighted by atomic mass is 32.1. The van der Waals surface area contributed by atoms with Gasteiger partial charge in [0, 0.05) is 17.6 Å². The van der Waals surface area contributed by atoms with Crippen LogP contribution in [0.25, 0.3) is 0 Å². The number of aromatic nitrogens is 1. The summed E-state index contributed by atoms with van der Waals surface area (Å²) < 4.78 is 28.6. The fraction of sp³-hybridized carbons (Fsp3) is 0.158. The number of carbonyl (C=O) groups is 1. The van der Waals surface area contributed by atoms with E-state index in [2.05, 4.69) is 20.4 Å². The highest BCUT2D eigenvalue weighted by molar-refractivity contribution is 7.14. The van der Waals surface area contributed by atoms with Crippen LogP contribution in [0.3, 0.4) is 0 Å². The Labute approximate surface area is 159 Å². The zero-order valence-corrected chi connectivity index (χ0v) is 15.0. The third-order valence-electron chi connectivity index (χ3n) is 3.61. The van der Waals surface area contributed by atoms with E-state index >= 15 is 0 Å². The van der Waals surface area contributed by atoms with E-state index in [0.717, 1.165) is 12.0 Å². The Bertz CT molecular complexity index is 870. The molecule has 2 N–H and O–H groups in total. The van der Waals surface area contributed by atoms with Crippen LogP contribution in [0.5, 0.6) is 5.75 Å². The molecule has 3 aromatic rings. The molecule has 1 aromatic heterocycles. The largest absolute Gasteiger partial charge is 0.435 e. The van der Waals surface area contributed by atoms with Crippen molar-refractivity contribution in [1.82, 2.24) is 10.3 Å². The average molecular weight is 389 g/mol.